The third kappa shape index (κ3) is 4.11. The van der Waals surface area contributed by atoms with E-state index in [2.05, 4.69) is 13.8 Å². The van der Waals surface area contributed by atoms with E-state index in [1.165, 1.54) is 25.7 Å². The summed E-state index contributed by atoms with van der Waals surface area (Å²) in [5.74, 6) is 4.25. The minimum Gasteiger partial charge on any atom is -0.0683 e. The fraction of sp³-hybridized carbons (Fsp3) is 1.00. The Labute approximate surface area is 103 Å². The maximum atomic E-state index is 2.46. The van der Waals surface area contributed by atoms with Gasteiger partial charge in [0.05, 0.1) is 0 Å². The van der Waals surface area contributed by atoms with Gasteiger partial charge in [0.2, 0.25) is 0 Å². The Kier molecular flexibility index (Phi) is 6.46. The summed E-state index contributed by atoms with van der Waals surface area (Å²) in [5.41, 5.74) is 0. The predicted octanol–water partition coefficient (Wildman–Crippen LogP) is 5.67. The topological polar surface area (TPSA) is 0 Å². The molecule has 2 aliphatic rings. The van der Waals surface area contributed by atoms with Crippen molar-refractivity contribution < 1.29 is 0 Å². The standard InChI is InChI=1S/C14H26.C2H6/c1-11-6-8-13(9-7-11)14-5-3-4-12(2)10-14;1-2/h11-14H,3-10H2,1-2H3;1-2H3. The first kappa shape index (κ1) is 14.1. The molecule has 0 heteroatoms. The van der Waals surface area contributed by atoms with E-state index in [4.69, 9.17) is 0 Å². The van der Waals surface area contributed by atoms with Crippen LogP contribution in [0.15, 0.2) is 0 Å². The molecule has 0 aromatic carbocycles. The molecular weight excluding hydrogens is 192 g/mol. The van der Waals surface area contributed by atoms with Gasteiger partial charge in [0, 0.05) is 0 Å². The molecule has 2 saturated carbocycles. The minimum atomic E-state index is 1.02. The summed E-state index contributed by atoms with van der Waals surface area (Å²) in [7, 11) is 0. The van der Waals surface area contributed by atoms with Crippen LogP contribution in [0.2, 0.25) is 0 Å². The van der Waals surface area contributed by atoms with Gasteiger partial charge in [-0.15, -0.1) is 0 Å². The smallest absolute Gasteiger partial charge is 0.0383 e. The van der Waals surface area contributed by atoms with E-state index in [1.807, 2.05) is 13.8 Å². The molecule has 2 fully saturated rings. The predicted molar refractivity (Wildman–Crippen MR) is 73.6 cm³/mol. The zero-order valence-corrected chi connectivity index (χ0v) is 12.0. The molecule has 96 valence electrons. The number of hydrogen-bond acceptors (Lipinski definition) is 0. The van der Waals surface area contributed by atoms with E-state index in [0.29, 0.717) is 0 Å². The first-order valence-electron chi connectivity index (χ1n) is 7.75. The third-order valence-electron chi connectivity index (χ3n) is 4.70. The second-order valence-electron chi connectivity index (χ2n) is 6.05. The second kappa shape index (κ2) is 7.35. The van der Waals surface area contributed by atoms with Crippen LogP contribution in [0.5, 0.6) is 0 Å². The van der Waals surface area contributed by atoms with E-state index in [0.717, 1.165) is 23.7 Å². The van der Waals surface area contributed by atoms with Crippen LogP contribution in [-0.4, -0.2) is 0 Å². The van der Waals surface area contributed by atoms with Crippen molar-refractivity contribution in [1.29, 1.82) is 0 Å². The van der Waals surface area contributed by atoms with Gasteiger partial charge in [0.25, 0.3) is 0 Å². The molecular formula is C16H32. The summed E-state index contributed by atoms with van der Waals surface area (Å²) >= 11 is 0. The Morgan fingerprint density at radius 3 is 1.81 bits per heavy atom. The van der Waals surface area contributed by atoms with Gasteiger partial charge in [0.1, 0.15) is 0 Å². The van der Waals surface area contributed by atoms with Crippen LogP contribution in [0.1, 0.15) is 79.1 Å². The zero-order valence-electron chi connectivity index (χ0n) is 12.0. The molecule has 2 rings (SSSR count). The summed E-state index contributed by atoms with van der Waals surface area (Å²) in [6.45, 7) is 8.89. The molecule has 16 heavy (non-hydrogen) atoms. The van der Waals surface area contributed by atoms with Gasteiger partial charge in [-0.3, -0.25) is 0 Å². The third-order valence-corrected chi connectivity index (χ3v) is 4.70. The van der Waals surface area contributed by atoms with Crippen LogP contribution >= 0.6 is 0 Å². The van der Waals surface area contributed by atoms with Crippen LogP contribution in [0.25, 0.3) is 0 Å². The summed E-state index contributed by atoms with van der Waals surface area (Å²) in [6, 6.07) is 0. The Morgan fingerprint density at radius 1 is 0.625 bits per heavy atom. The van der Waals surface area contributed by atoms with Crippen molar-refractivity contribution in [1.82, 2.24) is 0 Å². The molecule has 0 saturated heterocycles. The van der Waals surface area contributed by atoms with Crippen LogP contribution < -0.4 is 0 Å². The maximum Gasteiger partial charge on any atom is -0.0383 e. The van der Waals surface area contributed by atoms with Gasteiger partial charge >= 0.3 is 0 Å². The van der Waals surface area contributed by atoms with Gasteiger partial charge < -0.3 is 0 Å². The zero-order chi connectivity index (χ0) is 12.0. The van der Waals surface area contributed by atoms with Gasteiger partial charge in [-0.1, -0.05) is 59.8 Å². The monoisotopic (exact) mass is 224 g/mol. The number of rotatable bonds is 1. The molecule has 0 aromatic rings. The van der Waals surface area contributed by atoms with Gasteiger partial charge in [-0.25, -0.2) is 0 Å². The summed E-state index contributed by atoms with van der Waals surface area (Å²) in [4.78, 5) is 0. The van der Waals surface area contributed by atoms with Crippen molar-refractivity contribution in [2.45, 2.75) is 79.1 Å². The van der Waals surface area contributed by atoms with Crippen molar-refractivity contribution >= 4 is 0 Å². The van der Waals surface area contributed by atoms with Crippen molar-refractivity contribution in [3.63, 3.8) is 0 Å². The second-order valence-corrected chi connectivity index (χ2v) is 6.05. The minimum absolute atomic E-state index is 1.02. The normalized spacial score (nSPS) is 39.8. The van der Waals surface area contributed by atoms with Crippen molar-refractivity contribution in [3.8, 4) is 0 Å². The van der Waals surface area contributed by atoms with Crippen LogP contribution in [0, 0.1) is 23.7 Å². The molecule has 2 atom stereocenters. The SMILES string of the molecule is CC.CC1CCC(C2CCCC(C)C2)CC1. The quantitative estimate of drug-likeness (QED) is 0.538. The molecule has 0 nitrogen and oxygen atoms in total. The molecule has 0 heterocycles. The average molecular weight is 224 g/mol. The lowest BCUT2D eigenvalue weighted by molar-refractivity contribution is 0.149. The lowest BCUT2D eigenvalue weighted by Gasteiger charge is -2.37. The Hall–Kier alpha value is 0. The highest BCUT2D eigenvalue weighted by Crippen LogP contribution is 2.41. The lowest BCUT2D eigenvalue weighted by Crippen LogP contribution is -2.25. The summed E-state index contributed by atoms with van der Waals surface area (Å²) in [5, 5.41) is 0. The van der Waals surface area contributed by atoms with E-state index >= 15 is 0 Å². The highest BCUT2D eigenvalue weighted by molar-refractivity contribution is 4.80. The Morgan fingerprint density at radius 2 is 1.25 bits per heavy atom. The summed E-state index contributed by atoms with van der Waals surface area (Å²) in [6.07, 6.45) is 12.2. The van der Waals surface area contributed by atoms with Crippen molar-refractivity contribution in [3.05, 3.63) is 0 Å². The van der Waals surface area contributed by atoms with Gasteiger partial charge in [-0.05, 0) is 42.9 Å². The first-order chi connectivity index (χ1) is 7.75. The van der Waals surface area contributed by atoms with E-state index in [9.17, 15) is 0 Å². The average Bonchev–Trinajstić information content (AvgIpc) is 2.32. The molecule has 2 unspecified atom stereocenters. The van der Waals surface area contributed by atoms with Crippen molar-refractivity contribution in [2.75, 3.05) is 0 Å². The van der Waals surface area contributed by atoms with E-state index < -0.39 is 0 Å². The highest BCUT2D eigenvalue weighted by Gasteiger charge is 2.28. The highest BCUT2D eigenvalue weighted by atomic mass is 14.3. The van der Waals surface area contributed by atoms with E-state index in [-0.39, 0.29) is 0 Å². The van der Waals surface area contributed by atoms with Crippen LogP contribution in [0.3, 0.4) is 0 Å². The van der Waals surface area contributed by atoms with E-state index in [1.54, 1.807) is 25.7 Å². The lowest BCUT2D eigenvalue weighted by atomic mass is 9.69. The van der Waals surface area contributed by atoms with Crippen molar-refractivity contribution in [2.24, 2.45) is 23.7 Å². The summed E-state index contributed by atoms with van der Waals surface area (Å²) < 4.78 is 0. The molecule has 2 aliphatic carbocycles. The molecule has 0 amide bonds. The molecule has 0 spiro atoms. The number of hydrogen-bond donors (Lipinski definition) is 0. The molecule has 0 N–H and O–H groups in total. The van der Waals surface area contributed by atoms with Crippen LogP contribution in [0.4, 0.5) is 0 Å². The fourth-order valence-corrected chi connectivity index (χ4v) is 3.67. The molecule has 0 aliphatic heterocycles. The van der Waals surface area contributed by atoms with Crippen LogP contribution in [-0.2, 0) is 0 Å². The molecule has 0 aromatic heterocycles. The molecule has 0 radical (unpaired) electrons. The largest absolute Gasteiger partial charge is 0.0683 e. The Balaban J connectivity index is 0.000000606. The fourth-order valence-electron chi connectivity index (χ4n) is 3.67. The van der Waals surface area contributed by atoms with Gasteiger partial charge in [-0.2, -0.15) is 0 Å². The Bertz CT molecular complexity index is 165. The van der Waals surface area contributed by atoms with Gasteiger partial charge in [0.15, 0.2) is 0 Å². The molecule has 0 bridgehead atoms. The maximum absolute atomic E-state index is 2.46. The first-order valence-corrected chi connectivity index (χ1v) is 7.75.